The van der Waals surface area contributed by atoms with E-state index in [1.54, 1.807) is 35.9 Å². The molecule has 2 N–H and O–H groups in total. The summed E-state index contributed by atoms with van der Waals surface area (Å²) in [5, 5.41) is 10.1. The summed E-state index contributed by atoms with van der Waals surface area (Å²) in [6.07, 6.45) is 3.77. The van der Waals surface area contributed by atoms with Crippen LogP contribution in [0.15, 0.2) is 30.6 Å². The highest BCUT2D eigenvalue weighted by Crippen LogP contribution is 2.28. The van der Waals surface area contributed by atoms with Crippen LogP contribution >= 0.6 is 0 Å². The van der Waals surface area contributed by atoms with Crippen LogP contribution in [-0.2, 0) is 11.8 Å². The molecule has 2 aromatic rings. The maximum absolute atomic E-state index is 13.3. The molecule has 0 saturated carbocycles. The van der Waals surface area contributed by atoms with E-state index in [0.717, 1.165) is 11.9 Å². The van der Waals surface area contributed by atoms with Gasteiger partial charge in [-0.15, -0.1) is 0 Å². The SMILES string of the molecule is CNC(=O)C1(Nc2ccnn2C)CCN(C(=O)c2ccnc(F)c2)CC1. The number of aryl methyl sites for hydroxylation is 1. The molecule has 0 spiro atoms. The number of carbonyl (C=O) groups is 2. The van der Waals surface area contributed by atoms with Gasteiger partial charge in [0.1, 0.15) is 11.4 Å². The predicted octanol–water partition coefficient (Wildman–Crippen LogP) is 0.787. The second-order valence-electron chi connectivity index (χ2n) is 6.29. The number of amides is 2. The summed E-state index contributed by atoms with van der Waals surface area (Å²) in [5.41, 5.74) is -0.576. The van der Waals surface area contributed by atoms with Gasteiger partial charge in [-0.05, 0) is 18.9 Å². The zero-order valence-corrected chi connectivity index (χ0v) is 14.7. The second kappa shape index (κ2) is 7.11. The monoisotopic (exact) mass is 360 g/mol. The van der Waals surface area contributed by atoms with E-state index in [2.05, 4.69) is 20.7 Å². The molecule has 3 heterocycles. The quantitative estimate of drug-likeness (QED) is 0.787. The number of aromatic nitrogens is 3. The first kappa shape index (κ1) is 17.8. The number of anilines is 1. The number of nitrogens with zero attached hydrogens (tertiary/aromatic N) is 4. The molecule has 0 aromatic carbocycles. The molecule has 2 amide bonds. The van der Waals surface area contributed by atoms with Crippen molar-refractivity contribution in [3.8, 4) is 0 Å². The highest BCUT2D eigenvalue weighted by atomic mass is 19.1. The number of halogens is 1. The first-order valence-corrected chi connectivity index (χ1v) is 8.34. The number of hydrogen-bond donors (Lipinski definition) is 2. The third-order valence-electron chi connectivity index (χ3n) is 4.73. The Morgan fingerprint density at radius 3 is 2.54 bits per heavy atom. The number of nitrogens with one attached hydrogen (secondary N) is 2. The largest absolute Gasteiger partial charge is 0.357 e. The summed E-state index contributed by atoms with van der Waals surface area (Å²) in [6.45, 7) is 0.752. The van der Waals surface area contributed by atoms with Crippen molar-refractivity contribution in [2.75, 3.05) is 25.5 Å². The number of rotatable bonds is 4. The minimum atomic E-state index is -0.831. The highest BCUT2D eigenvalue weighted by molar-refractivity contribution is 5.95. The van der Waals surface area contributed by atoms with Gasteiger partial charge in [-0.2, -0.15) is 9.49 Å². The van der Waals surface area contributed by atoms with Gasteiger partial charge < -0.3 is 15.5 Å². The molecule has 1 aliphatic heterocycles. The molecule has 26 heavy (non-hydrogen) atoms. The van der Waals surface area contributed by atoms with Crippen LogP contribution in [0.25, 0.3) is 0 Å². The Bertz CT molecular complexity index is 813. The lowest BCUT2D eigenvalue weighted by Crippen LogP contribution is -2.58. The Kier molecular flexibility index (Phi) is 4.88. The van der Waals surface area contributed by atoms with Crippen LogP contribution in [0.4, 0.5) is 10.2 Å². The van der Waals surface area contributed by atoms with E-state index >= 15 is 0 Å². The van der Waals surface area contributed by atoms with Gasteiger partial charge in [0.25, 0.3) is 5.91 Å². The average Bonchev–Trinajstić information content (AvgIpc) is 3.05. The standard InChI is InChI=1S/C17H21FN6O2/c1-19-16(26)17(22-14-4-8-21-23(14)2)5-9-24(10-6-17)15(25)12-3-7-20-13(18)11-12/h3-4,7-8,11,22H,5-6,9-10H2,1-2H3,(H,19,26). The number of likely N-dealkylation sites (N-methyl/N-ethyl adjacent to an activating group) is 1. The van der Waals surface area contributed by atoms with Crippen molar-refractivity contribution >= 4 is 17.6 Å². The molecular formula is C17H21FN6O2. The summed E-state index contributed by atoms with van der Waals surface area (Å²) in [4.78, 5) is 30.2. The maximum Gasteiger partial charge on any atom is 0.254 e. The Hall–Kier alpha value is -2.97. The fraction of sp³-hybridized carbons (Fsp3) is 0.412. The molecule has 8 nitrogen and oxygen atoms in total. The van der Waals surface area contributed by atoms with Crippen LogP contribution in [0.2, 0.25) is 0 Å². The Morgan fingerprint density at radius 1 is 1.23 bits per heavy atom. The molecular weight excluding hydrogens is 339 g/mol. The van der Waals surface area contributed by atoms with Gasteiger partial charge in [0.2, 0.25) is 11.9 Å². The molecule has 0 unspecified atom stereocenters. The van der Waals surface area contributed by atoms with E-state index < -0.39 is 11.5 Å². The van der Waals surface area contributed by atoms with Crippen molar-refractivity contribution in [2.45, 2.75) is 18.4 Å². The highest BCUT2D eigenvalue weighted by Gasteiger charge is 2.42. The van der Waals surface area contributed by atoms with Gasteiger partial charge in [0, 0.05) is 51.1 Å². The van der Waals surface area contributed by atoms with Crippen molar-refractivity contribution < 1.29 is 14.0 Å². The number of pyridine rings is 1. The van der Waals surface area contributed by atoms with Crippen LogP contribution in [0.3, 0.4) is 0 Å². The van der Waals surface area contributed by atoms with E-state index in [1.807, 2.05) is 0 Å². The number of carbonyl (C=O) groups excluding carboxylic acids is 2. The third kappa shape index (κ3) is 3.37. The molecule has 1 saturated heterocycles. The molecule has 138 valence electrons. The lowest BCUT2D eigenvalue weighted by Gasteiger charge is -2.41. The summed E-state index contributed by atoms with van der Waals surface area (Å²) in [7, 11) is 3.38. The van der Waals surface area contributed by atoms with Gasteiger partial charge in [-0.3, -0.25) is 14.3 Å². The van der Waals surface area contributed by atoms with Crippen molar-refractivity contribution in [3.63, 3.8) is 0 Å². The molecule has 2 aromatic heterocycles. The fourth-order valence-electron chi connectivity index (χ4n) is 3.20. The molecule has 0 radical (unpaired) electrons. The van der Waals surface area contributed by atoms with Gasteiger partial charge >= 0.3 is 0 Å². The third-order valence-corrected chi connectivity index (χ3v) is 4.73. The normalized spacial score (nSPS) is 16.2. The number of likely N-dealkylation sites (tertiary alicyclic amines) is 1. The summed E-state index contributed by atoms with van der Waals surface area (Å²) in [5.74, 6) is -0.367. The lowest BCUT2D eigenvalue weighted by atomic mass is 9.86. The topological polar surface area (TPSA) is 92.2 Å². The molecule has 0 aliphatic carbocycles. The van der Waals surface area contributed by atoms with Crippen molar-refractivity contribution in [1.82, 2.24) is 25.0 Å². The Labute approximate surface area is 150 Å². The first-order chi connectivity index (χ1) is 12.4. The van der Waals surface area contributed by atoms with Crippen molar-refractivity contribution in [1.29, 1.82) is 0 Å². The van der Waals surface area contributed by atoms with Crippen LogP contribution in [0.5, 0.6) is 0 Å². The first-order valence-electron chi connectivity index (χ1n) is 8.34. The Morgan fingerprint density at radius 2 is 1.96 bits per heavy atom. The molecule has 0 bridgehead atoms. The Balaban J connectivity index is 1.75. The van der Waals surface area contributed by atoms with E-state index in [9.17, 15) is 14.0 Å². The smallest absolute Gasteiger partial charge is 0.254 e. The molecule has 1 aliphatic rings. The minimum absolute atomic E-state index is 0.138. The molecule has 9 heteroatoms. The van der Waals surface area contributed by atoms with Crippen LogP contribution in [0.1, 0.15) is 23.2 Å². The average molecular weight is 360 g/mol. The van der Waals surface area contributed by atoms with Gasteiger partial charge in [-0.25, -0.2) is 4.98 Å². The summed E-state index contributed by atoms with van der Waals surface area (Å²) < 4.78 is 14.9. The fourth-order valence-corrected chi connectivity index (χ4v) is 3.20. The molecule has 3 rings (SSSR count). The number of piperidine rings is 1. The predicted molar refractivity (Wildman–Crippen MR) is 93.0 cm³/mol. The van der Waals surface area contributed by atoms with Crippen LogP contribution < -0.4 is 10.6 Å². The van der Waals surface area contributed by atoms with Crippen molar-refractivity contribution in [2.24, 2.45) is 7.05 Å². The van der Waals surface area contributed by atoms with Gasteiger partial charge in [0.15, 0.2) is 0 Å². The summed E-state index contributed by atoms with van der Waals surface area (Å²) >= 11 is 0. The van der Waals surface area contributed by atoms with E-state index in [-0.39, 0.29) is 17.4 Å². The lowest BCUT2D eigenvalue weighted by molar-refractivity contribution is -0.126. The van der Waals surface area contributed by atoms with Crippen molar-refractivity contribution in [3.05, 3.63) is 42.1 Å². The zero-order chi connectivity index (χ0) is 18.7. The minimum Gasteiger partial charge on any atom is -0.357 e. The number of hydrogen-bond acceptors (Lipinski definition) is 5. The van der Waals surface area contributed by atoms with Crippen LogP contribution in [-0.4, -0.2) is 57.2 Å². The van der Waals surface area contributed by atoms with Gasteiger partial charge in [0.05, 0.1) is 6.20 Å². The molecule has 1 fully saturated rings. The van der Waals surface area contributed by atoms with Crippen LogP contribution in [0, 0.1) is 5.95 Å². The van der Waals surface area contributed by atoms with E-state index in [1.165, 1.54) is 12.3 Å². The molecule has 0 atom stereocenters. The summed E-state index contributed by atoms with van der Waals surface area (Å²) in [6, 6.07) is 4.40. The maximum atomic E-state index is 13.3. The van der Waals surface area contributed by atoms with Gasteiger partial charge in [-0.1, -0.05) is 0 Å². The van der Waals surface area contributed by atoms with E-state index in [0.29, 0.717) is 25.9 Å². The van der Waals surface area contributed by atoms with E-state index in [4.69, 9.17) is 0 Å². The second-order valence-corrected chi connectivity index (χ2v) is 6.29. The zero-order valence-electron chi connectivity index (χ0n) is 14.7.